The van der Waals surface area contributed by atoms with E-state index in [2.05, 4.69) is 10.6 Å². The Hall–Kier alpha value is -2.77. The molecule has 0 saturated carbocycles. The maximum Gasteiger partial charge on any atom is 0.416 e. The molecule has 0 radical (unpaired) electrons. The molecule has 5 nitrogen and oxygen atoms in total. The van der Waals surface area contributed by atoms with Gasteiger partial charge >= 0.3 is 12.3 Å². The monoisotopic (exact) mass is 370 g/mol. The number of nitrogens with one attached hydrogen (secondary N) is 2. The van der Waals surface area contributed by atoms with E-state index in [-0.39, 0.29) is 11.4 Å². The minimum absolute atomic E-state index is 0.0139. The van der Waals surface area contributed by atoms with Gasteiger partial charge in [-0.3, -0.25) is 10.1 Å². The van der Waals surface area contributed by atoms with E-state index in [1.54, 1.807) is 39.8 Å². The van der Waals surface area contributed by atoms with Gasteiger partial charge in [0, 0.05) is 6.08 Å². The molecule has 0 saturated heterocycles. The molecule has 142 valence electrons. The van der Waals surface area contributed by atoms with Crippen molar-refractivity contribution in [2.75, 3.05) is 10.6 Å². The van der Waals surface area contributed by atoms with Crippen LogP contribution in [0.4, 0.5) is 29.3 Å². The number of hydrogen-bond donors (Lipinski definition) is 2. The molecule has 0 aliphatic rings. The number of carbonyl (C=O) groups excluding carboxylic acids is 2. The molecular formula is C18H21F3N2O3. The van der Waals surface area contributed by atoms with Crippen molar-refractivity contribution in [3.05, 3.63) is 48.1 Å². The van der Waals surface area contributed by atoms with Gasteiger partial charge in [0.1, 0.15) is 5.60 Å². The van der Waals surface area contributed by atoms with Crippen molar-refractivity contribution in [1.29, 1.82) is 0 Å². The van der Waals surface area contributed by atoms with Gasteiger partial charge in [-0.1, -0.05) is 18.2 Å². The first-order valence-electron chi connectivity index (χ1n) is 7.74. The number of anilines is 2. The Balaban J connectivity index is 3.12. The maximum atomic E-state index is 12.9. The van der Waals surface area contributed by atoms with Crippen molar-refractivity contribution in [3.8, 4) is 0 Å². The van der Waals surface area contributed by atoms with Crippen LogP contribution in [0, 0.1) is 0 Å². The SMILES string of the molecule is C/C=C/C=C/C(=O)Nc1cc(C(F)(F)F)ccc1NC(=O)OC(C)(C)C. The Morgan fingerprint density at radius 2 is 1.69 bits per heavy atom. The summed E-state index contributed by atoms with van der Waals surface area (Å²) in [7, 11) is 0. The highest BCUT2D eigenvalue weighted by atomic mass is 19.4. The summed E-state index contributed by atoms with van der Waals surface area (Å²) in [5.74, 6) is -0.644. The average molecular weight is 370 g/mol. The molecule has 1 aromatic carbocycles. The number of amides is 2. The van der Waals surface area contributed by atoms with Crippen molar-refractivity contribution in [2.45, 2.75) is 39.5 Å². The van der Waals surface area contributed by atoms with Gasteiger partial charge in [0.25, 0.3) is 0 Å². The Labute approximate surface area is 149 Å². The van der Waals surface area contributed by atoms with Gasteiger partial charge < -0.3 is 10.1 Å². The summed E-state index contributed by atoms with van der Waals surface area (Å²) in [6, 6.07) is 2.60. The van der Waals surface area contributed by atoms with Crippen LogP contribution in [0.5, 0.6) is 0 Å². The minimum Gasteiger partial charge on any atom is -0.444 e. The van der Waals surface area contributed by atoms with E-state index in [9.17, 15) is 22.8 Å². The quantitative estimate of drug-likeness (QED) is 0.571. The summed E-state index contributed by atoms with van der Waals surface area (Å²) in [5, 5.41) is 4.66. The fraction of sp³-hybridized carbons (Fsp3) is 0.333. The highest BCUT2D eigenvalue weighted by molar-refractivity contribution is 6.03. The van der Waals surface area contributed by atoms with Crippen molar-refractivity contribution in [3.63, 3.8) is 0 Å². The number of halogens is 3. The van der Waals surface area contributed by atoms with Gasteiger partial charge in [0.05, 0.1) is 16.9 Å². The number of ether oxygens (including phenoxy) is 1. The molecule has 0 aliphatic carbocycles. The van der Waals surface area contributed by atoms with Crippen LogP contribution in [0.15, 0.2) is 42.5 Å². The number of hydrogen-bond acceptors (Lipinski definition) is 3. The zero-order valence-electron chi connectivity index (χ0n) is 14.9. The topological polar surface area (TPSA) is 67.4 Å². The number of carbonyl (C=O) groups is 2. The molecule has 0 bridgehead atoms. The lowest BCUT2D eigenvalue weighted by Crippen LogP contribution is -2.27. The molecule has 0 heterocycles. The number of alkyl halides is 3. The molecule has 0 atom stereocenters. The molecule has 0 unspecified atom stereocenters. The smallest absolute Gasteiger partial charge is 0.416 e. The third kappa shape index (κ3) is 7.42. The third-order valence-electron chi connectivity index (χ3n) is 2.79. The second-order valence-corrected chi connectivity index (χ2v) is 6.26. The summed E-state index contributed by atoms with van der Waals surface area (Å²) in [5.41, 5.74) is -1.95. The van der Waals surface area contributed by atoms with Gasteiger partial charge in [-0.2, -0.15) is 13.2 Å². The minimum atomic E-state index is -4.59. The molecule has 0 fully saturated rings. The molecule has 0 aliphatic heterocycles. The van der Waals surface area contributed by atoms with Gasteiger partial charge in [-0.15, -0.1) is 0 Å². The lowest BCUT2D eigenvalue weighted by Gasteiger charge is -2.21. The molecule has 1 aromatic rings. The molecule has 0 spiro atoms. The van der Waals surface area contributed by atoms with Crippen LogP contribution in [0.2, 0.25) is 0 Å². The first-order chi connectivity index (χ1) is 11.9. The van der Waals surface area contributed by atoms with Gasteiger partial charge in [0.2, 0.25) is 5.91 Å². The Bertz CT molecular complexity index is 717. The molecule has 2 amide bonds. The number of rotatable bonds is 4. The van der Waals surface area contributed by atoms with Gasteiger partial charge in [-0.25, -0.2) is 4.79 Å². The molecule has 26 heavy (non-hydrogen) atoms. The van der Waals surface area contributed by atoms with Crippen LogP contribution < -0.4 is 10.6 Å². The zero-order chi connectivity index (χ0) is 20.0. The van der Waals surface area contributed by atoms with Crippen molar-refractivity contribution < 1.29 is 27.5 Å². The standard InChI is InChI=1S/C18H21F3N2O3/c1-5-6-7-8-15(24)22-14-11-12(18(19,20)21)9-10-13(14)23-16(25)26-17(2,3)4/h5-11H,1-4H3,(H,22,24)(H,23,25)/b6-5+,8-7+. The lowest BCUT2D eigenvalue weighted by molar-refractivity contribution is -0.137. The van der Waals surface area contributed by atoms with E-state index in [1.807, 2.05) is 0 Å². The molecule has 8 heteroatoms. The zero-order valence-corrected chi connectivity index (χ0v) is 14.9. The van der Waals surface area contributed by atoms with Crippen LogP contribution in [-0.2, 0) is 15.7 Å². The molecular weight excluding hydrogens is 349 g/mol. The van der Waals surface area contributed by atoms with Crippen LogP contribution in [0.3, 0.4) is 0 Å². The summed E-state index contributed by atoms with van der Waals surface area (Å²) in [6.45, 7) is 6.69. The van der Waals surface area contributed by atoms with Crippen LogP contribution in [0.1, 0.15) is 33.3 Å². The lowest BCUT2D eigenvalue weighted by atomic mass is 10.1. The van der Waals surface area contributed by atoms with Crippen molar-refractivity contribution in [1.82, 2.24) is 0 Å². The number of allylic oxidation sites excluding steroid dienone is 3. The summed E-state index contributed by atoms with van der Waals surface area (Å²) >= 11 is 0. The average Bonchev–Trinajstić information content (AvgIpc) is 2.46. The van der Waals surface area contributed by atoms with Gasteiger partial charge in [0.15, 0.2) is 0 Å². The largest absolute Gasteiger partial charge is 0.444 e. The van der Waals surface area contributed by atoms with Crippen LogP contribution in [0.25, 0.3) is 0 Å². The second kappa shape index (κ2) is 8.55. The van der Waals surface area contributed by atoms with Crippen LogP contribution in [-0.4, -0.2) is 17.6 Å². The van der Waals surface area contributed by atoms with Crippen molar-refractivity contribution in [2.24, 2.45) is 0 Å². The van der Waals surface area contributed by atoms with E-state index < -0.39 is 29.3 Å². The predicted molar refractivity (Wildman–Crippen MR) is 93.9 cm³/mol. The Morgan fingerprint density at radius 1 is 1.04 bits per heavy atom. The summed E-state index contributed by atoms with van der Waals surface area (Å²) in [4.78, 5) is 23.7. The summed E-state index contributed by atoms with van der Waals surface area (Å²) < 4.78 is 43.8. The normalized spacial score (nSPS) is 12.4. The van der Waals surface area contributed by atoms with E-state index in [1.165, 1.54) is 6.08 Å². The highest BCUT2D eigenvalue weighted by Crippen LogP contribution is 2.34. The fourth-order valence-corrected chi connectivity index (χ4v) is 1.78. The van der Waals surface area contributed by atoms with Gasteiger partial charge in [-0.05, 0) is 45.9 Å². The third-order valence-corrected chi connectivity index (χ3v) is 2.79. The number of benzene rings is 1. The van der Waals surface area contributed by atoms with E-state index in [4.69, 9.17) is 4.74 Å². The van der Waals surface area contributed by atoms with Crippen molar-refractivity contribution >= 4 is 23.4 Å². The first-order valence-corrected chi connectivity index (χ1v) is 7.74. The summed E-state index contributed by atoms with van der Waals surface area (Å²) in [6.07, 6.45) is 0.415. The first kappa shape index (κ1) is 21.3. The van der Waals surface area contributed by atoms with E-state index >= 15 is 0 Å². The van der Waals surface area contributed by atoms with E-state index in [0.717, 1.165) is 24.3 Å². The molecule has 2 N–H and O–H groups in total. The van der Waals surface area contributed by atoms with Crippen LogP contribution >= 0.6 is 0 Å². The second-order valence-electron chi connectivity index (χ2n) is 6.26. The predicted octanol–water partition coefficient (Wildman–Crippen LogP) is 5.12. The fourth-order valence-electron chi connectivity index (χ4n) is 1.78. The maximum absolute atomic E-state index is 12.9. The molecule has 0 aromatic heterocycles. The highest BCUT2D eigenvalue weighted by Gasteiger charge is 2.31. The molecule has 1 rings (SSSR count). The Kier molecular flexibility index (Phi) is 7.00. The Morgan fingerprint density at radius 3 is 2.23 bits per heavy atom. The van der Waals surface area contributed by atoms with E-state index in [0.29, 0.717) is 0 Å².